The number of ether oxygens (including phenoxy) is 3. The van der Waals surface area contributed by atoms with Gasteiger partial charge in [-0.3, -0.25) is 4.79 Å². The molecule has 7 heteroatoms. The van der Waals surface area contributed by atoms with Crippen molar-refractivity contribution in [3.8, 4) is 0 Å². The summed E-state index contributed by atoms with van der Waals surface area (Å²) >= 11 is 1.64. The molecule has 2 N–H and O–H groups in total. The van der Waals surface area contributed by atoms with Gasteiger partial charge < -0.3 is 24.6 Å². The molecule has 0 saturated heterocycles. The first-order valence-corrected chi connectivity index (χ1v) is 15.1. The lowest BCUT2D eigenvalue weighted by atomic mass is 10.2. The Morgan fingerprint density at radius 1 is 0.735 bits per heavy atom. The Labute approximate surface area is 214 Å². The number of rotatable bonds is 27. The molecule has 0 aliphatic carbocycles. The van der Waals surface area contributed by atoms with Crippen molar-refractivity contribution in [2.45, 2.75) is 123 Å². The Kier molecular flexibility index (Phi) is 25.5. The van der Waals surface area contributed by atoms with Gasteiger partial charge in [0.1, 0.15) is 12.1 Å². The molecule has 204 valence electrons. The number of hydrogen-bond acceptors (Lipinski definition) is 6. The minimum Gasteiger partial charge on any atom is -0.480 e. The third-order valence-corrected chi connectivity index (χ3v) is 6.92. The Morgan fingerprint density at radius 2 is 1.26 bits per heavy atom. The van der Waals surface area contributed by atoms with E-state index in [9.17, 15) is 9.90 Å². The monoisotopic (exact) mass is 505 g/mol. The minimum atomic E-state index is -0.781. The van der Waals surface area contributed by atoms with Crippen LogP contribution in [0.15, 0.2) is 0 Å². The van der Waals surface area contributed by atoms with Crippen molar-refractivity contribution in [1.29, 1.82) is 0 Å². The Balaban J connectivity index is 4.90. The summed E-state index contributed by atoms with van der Waals surface area (Å²) in [5.74, 6) is 0.454. The van der Waals surface area contributed by atoms with Crippen LogP contribution in [-0.4, -0.2) is 73.8 Å². The van der Waals surface area contributed by atoms with Gasteiger partial charge in [0.15, 0.2) is 0 Å². The first-order valence-electron chi connectivity index (χ1n) is 13.9. The van der Waals surface area contributed by atoms with Crippen LogP contribution in [0.25, 0.3) is 0 Å². The average molecular weight is 506 g/mol. The van der Waals surface area contributed by atoms with Crippen LogP contribution in [0.1, 0.15) is 105 Å². The third kappa shape index (κ3) is 19.9. The van der Waals surface area contributed by atoms with Gasteiger partial charge in [-0.1, -0.05) is 79.1 Å². The molecule has 0 fully saturated rings. The molecule has 0 radical (unpaired) electrons. The van der Waals surface area contributed by atoms with E-state index in [1.54, 1.807) is 11.8 Å². The van der Waals surface area contributed by atoms with Gasteiger partial charge in [-0.15, -0.1) is 0 Å². The fourth-order valence-electron chi connectivity index (χ4n) is 3.52. The number of aliphatic carboxylic acids is 1. The van der Waals surface area contributed by atoms with E-state index in [2.05, 4.69) is 33.0 Å². The zero-order chi connectivity index (χ0) is 25.3. The number of unbranched alkanes of at least 4 members (excludes halogenated alkanes) is 8. The molecule has 0 spiro atoms. The standard InChI is InChI=1S/C27H55NO5S/c1-5-9-13-17-28-24(27(29)30)22-34-23-26(33-20-16-12-8-4)25(32-19-15-11-7-3)21-31-18-14-10-6-2/h24-26,28H,5-23H2,1-4H3,(H,29,30)/t24-,25?,26?/m0/s1. The maximum atomic E-state index is 11.7. The van der Waals surface area contributed by atoms with Crippen LogP contribution in [0.5, 0.6) is 0 Å². The predicted octanol–water partition coefficient (Wildman–Crippen LogP) is 6.31. The van der Waals surface area contributed by atoms with Crippen LogP contribution in [0.2, 0.25) is 0 Å². The summed E-state index contributed by atoms with van der Waals surface area (Å²) in [5, 5.41) is 12.8. The first-order chi connectivity index (χ1) is 16.6. The molecule has 0 heterocycles. The summed E-state index contributed by atoms with van der Waals surface area (Å²) in [7, 11) is 0. The van der Waals surface area contributed by atoms with Gasteiger partial charge >= 0.3 is 5.97 Å². The molecule has 3 atom stereocenters. The average Bonchev–Trinajstić information content (AvgIpc) is 2.83. The largest absolute Gasteiger partial charge is 0.480 e. The lowest BCUT2D eigenvalue weighted by Crippen LogP contribution is -2.41. The van der Waals surface area contributed by atoms with Crippen molar-refractivity contribution in [3.05, 3.63) is 0 Å². The van der Waals surface area contributed by atoms with Gasteiger partial charge in [-0.05, 0) is 32.2 Å². The van der Waals surface area contributed by atoms with Crippen LogP contribution in [-0.2, 0) is 19.0 Å². The molecule has 0 saturated carbocycles. The summed E-state index contributed by atoms with van der Waals surface area (Å²) in [5.41, 5.74) is 0. The molecule has 0 bridgehead atoms. The normalized spacial score (nSPS) is 14.2. The Morgan fingerprint density at radius 3 is 1.82 bits per heavy atom. The second kappa shape index (κ2) is 25.7. The van der Waals surface area contributed by atoms with Crippen molar-refractivity contribution in [2.75, 3.05) is 44.5 Å². The van der Waals surface area contributed by atoms with Gasteiger partial charge in [-0.25, -0.2) is 0 Å². The SMILES string of the molecule is CCCCCN[C@@H](CSCC(OCCCCC)C(COCCCCC)OCCCCC)C(=O)O. The fraction of sp³-hybridized carbons (Fsp3) is 0.963. The van der Waals surface area contributed by atoms with E-state index in [1.165, 1.54) is 12.8 Å². The topological polar surface area (TPSA) is 77.0 Å². The maximum absolute atomic E-state index is 11.7. The van der Waals surface area contributed by atoms with Crippen LogP contribution >= 0.6 is 11.8 Å². The van der Waals surface area contributed by atoms with E-state index in [-0.39, 0.29) is 12.2 Å². The van der Waals surface area contributed by atoms with Gasteiger partial charge in [0.2, 0.25) is 0 Å². The third-order valence-electron chi connectivity index (χ3n) is 5.78. The minimum absolute atomic E-state index is 0.0933. The van der Waals surface area contributed by atoms with E-state index in [0.29, 0.717) is 31.3 Å². The Bertz CT molecular complexity index is 441. The van der Waals surface area contributed by atoms with E-state index in [1.807, 2.05) is 0 Å². The number of carboxylic acid groups (broad SMARTS) is 1. The van der Waals surface area contributed by atoms with Crippen molar-refractivity contribution in [2.24, 2.45) is 0 Å². The van der Waals surface area contributed by atoms with Gasteiger partial charge in [-0.2, -0.15) is 11.8 Å². The van der Waals surface area contributed by atoms with Crippen molar-refractivity contribution in [1.82, 2.24) is 5.32 Å². The summed E-state index contributed by atoms with van der Waals surface area (Å²) in [6, 6.07) is -0.531. The zero-order valence-corrected chi connectivity index (χ0v) is 23.5. The smallest absolute Gasteiger partial charge is 0.321 e. The molecular weight excluding hydrogens is 450 g/mol. The number of carboxylic acids is 1. The fourth-order valence-corrected chi connectivity index (χ4v) is 4.70. The van der Waals surface area contributed by atoms with Crippen LogP contribution in [0.4, 0.5) is 0 Å². The lowest BCUT2D eigenvalue weighted by Gasteiger charge is -2.28. The maximum Gasteiger partial charge on any atom is 0.321 e. The van der Waals surface area contributed by atoms with Crippen LogP contribution in [0, 0.1) is 0 Å². The molecule has 0 aromatic rings. The van der Waals surface area contributed by atoms with Crippen LogP contribution in [0.3, 0.4) is 0 Å². The van der Waals surface area contributed by atoms with Gasteiger partial charge in [0.25, 0.3) is 0 Å². The summed E-state index contributed by atoms with van der Waals surface area (Å²) < 4.78 is 18.6. The molecule has 0 aromatic heterocycles. The summed E-state index contributed by atoms with van der Waals surface area (Å²) in [4.78, 5) is 11.7. The Hall–Kier alpha value is -0.340. The second-order valence-electron chi connectivity index (χ2n) is 9.10. The molecule has 0 rings (SSSR count). The molecule has 0 aliphatic rings. The summed E-state index contributed by atoms with van der Waals surface area (Å²) in [6.07, 6.45) is 13.2. The quantitative estimate of drug-likeness (QED) is 0.127. The lowest BCUT2D eigenvalue weighted by molar-refractivity contribution is -0.138. The summed E-state index contributed by atoms with van der Waals surface area (Å²) in [6.45, 7) is 12.2. The number of carbonyl (C=O) groups is 1. The second-order valence-corrected chi connectivity index (χ2v) is 10.2. The molecule has 34 heavy (non-hydrogen) atoms. The molecular formula is C27H55NO5S. The van der Waals surface area contributed by atoms with E-state index >= 15 is 0 Å². The van der Waals surface area contributed by atoms with Crippen molar-refractivity contribution < 1.29 is 24.1 Å². The van der Waals surface area contributed by atoms with Gasteiger partial charge in [0.05, 0.1) is 12.7 Å². The van der Waals surface area contributed by atoms with Crippen molar-refractivity contribution >= 4 is 17.7 Å². The number of nitrogens with one attached hydrogen (secondary N) is 1. The number of thioether (sulfide) groups is 1. The van der Waals surface area contributed by atoms with Crippen molar-refractivity contribution in [3.63, 3.8) is 0 Å². The highest BCUT2D eigenvalue weighted by atomic mass is 32.2. The predicted molar refractivity (Wildman–Crippen MR) is 145 cm³/mol. The molecule has 0 aliphatic heterocycles. The highest BCUT2D eigenvalue weighted by molar-refractivity contribution is 7.99. The molecule has 6 nitrogen and oxygen atoms in total. The van der Waals surface area contributed by atoms with E-state index in [0.717, 1.165) is 77.4 Å². The highest BCUT2D eigenvalue weighted by Gasteiger charge is 2.25. The van der Waals surface area contributed by atoms with E-state index < -0.39 is 12.0 Å². The van der Waals surface area contributed by atoms with E-state index in [4.69, 9.17) is 14.2 Å². The van der Waals surface area contributed by atoms with Gasteiger partial charge in [0, 0.05) is 31.3 Å². The molecule has 0 amide bonds. The van der Waals surface area contributed by atoms with Crippen LogP contribution < -0.4 is 5.32 Å². The zero-order valence-electron chi connectivity index (χ0n) is 22.7. The molecule has 0 aromatic carbocycles. The highest BCUT2D eigenvalue weighted by Crippen LogP contribution is 2.16. The first kappa shape index (κ1) is 33.7. The molecule has 2 unspecified atom stereocenters. The number of hydrogen-bond donors (Lipinski definition) is 2.